The highest BCUT2D eigenvalue weighted by Crippen LogP contribution is 2.10. The van der Waals surface area contributed by atoms with Crippen molar-refractivity contribution < 1.29 is 9.53 Å². The molecule has 0 saturated carbocycles. The Balaban J connectivity index is 1.98. The van der Waals surface area contributed by atoms with Gasteiger partial charge >= 0.3 is 0 Å². The van der Waals surface area contributed by atoms with Crippen molar-refractivity contribution in [3.8, 4) is 5.88 Å². The van der Waals surface area contributed by atoms with E-state index in [0.29, 0.717) is 16.5 Å². The van der Waals surface area contributed by atoms with Crippen molar-refractivity contribution in [1.29, 1.82) is 0 Å². The first-order valence-corrected chi connectivity index (χ1v) is 5.76. The highest BCUT2D eigenvalue weighted by molar-refractivity contribution is 6.30. The standard InChI is InChI=1S/C12H11ClN4O2/c1-19-10-6-7-14-12(15-10)17-16-11(18)8-2-4-9(13)5-3-8/h2-7H,1H3,(H,16,18)(H,14,15,17). The molecular weight excluding hydrogens is 268 g/mol. The van der Waals surface area contributed by atoms with Gasteiger partial charge in [0.25, 0.3) is 5.91 Å². The van der Waals surface area contributed by atoms with Crippen molar-refractivity contribution in [2.24, 2.45) is 0 Å². The molecule has 1 aromatic heterocycles. The van der Waals surface area contributed by atoms with Crippen LogP contribution in [0.4, 0.5) is 5.95 Å². The van der Waals surface area contributed by atoms with Crippen molar-refractivity contribution in [2.75, 3.05) is 12.5 Å². The summed E-state index contributed by atoms with van der Waals surface area (Å²) >= 11 is 5.74. The molecule has 0 unspecified atom stereocenters. The molecule has 0 bridgehead atoms. The number of hydrazine groups is 1. The lowest BCUT2D eigenvalue weighted by Crippen LogP contribution is -2.30. The minimum Gasteiger partial charge on any atom is -0.481 e. The zero-order chi connectivity index (χ0) is 13.7. The number of benzene rings is 1. The van der Waals surface area contributed by atoms with E-state index in [0.717, 1.165) is 0 Å². The first kappa shape index (κ1) is 13.1. The maximum atomic E-state index is 11.8. The number of nitrogens with one attached hydrogen (secondary N) is 2. The van der Waals surface area contributed by atoms with E-state index in [1.54, 1.807) is 30.3 Å². The van der Waals surface area contributed by atoms with Gasteiger partial charge in [-0.1, -0.05) is 11.6 Å². The molecule has 0 fully saturated rings. The van der Waals surface area contributed by atoms with Crippen LogP contribution in [0.3, 0.4) is 0 Å². The molecule has 2 aromatic rings. The van der Waals surface area contributed by atoms with Crippen molar-refractivity contribution in [2.45, 2.75) is 0 Å². The minimum atomic E-state index is -0.317. The number of hydrogen-bond acceptors (Lipinski definition) is 5. The van der Waals surface area contributed by atoms with Gasteiger partial charge < -0.3 is 4.74 Å². The molecule has 0 saturated heterocycles. The number of carbonyl (C=O) groups excluding carboxylic acids is 1. The van der Waals surface area contributed by atoms with E-state index < -0.39 is 0 Å². The molecule has 1 heterocycles. The predicted octanol–water partition coefficient (Wildman–Crippen LogP) is 1.90. The highest BCUT2D eigenvalue weighted by atomic mass is 35.5. The smallest absolute Gasteiger partial charge is 0.269 e. The van der Waals surface area contributed by atoms with Crippen LogP contribution < -0.4 is 15.6 Å². The summed E-state index contributed by atoms with van der Waals surface area (Å²) in [5.74, 6) is 0.322. The number of ether oxygens (including phenoxy) is 1. The van der Waals surface area contributed by atoms with Gasteiger partial charge in [-0.15, -0.1) is 0 Å². The zero-order valence-electron chi connectivity index (χ0n) is 10.1. The molecule has 6 nitrogen and oxygen atoms in total. The van der Waals surface area contributed by atoms with E-state index in [9.17, 15) is 4.79 Å². The lowest BCUT2D eigenvalue weighted by atomic mass is 10.2. The monoisotopic (exact) mass is 278 g/mol. The second kappa shape index (κ2) is 6.01. The molecule has 0 spiro atoms. The number of carbonyl (C=O) groups is 1. The number of methoxy groups -OCH3 is 1. The van der Waals surface area contributed by atoms with Crippen LogP contribution in [0.15, 0.2) is 36.5 Å². The fourth-order valence-electron chi connectivity index (χ4n) is 1.30. The molecule has 0 atom stereocenters. The Morgan fingerprint density at radius 2 is 2.00 bits per heavy atom. The molecular formula is C12H11ClN4O2. The molecule has 2 rings (SSSR count). The molecule has 98 valence electrons. The number of hydrogen-bond donors (Lipinski definition) is 2. The number of amides is 1. The van der Waals surface area contributed by atoms with E-state index in [1.807, 2.05) is 0 Å². The summed E-state index contributed by atoms with van der Waals surface area (Å²) in [6, 6.07) is 8.11. The molecule has 2 N–H and O–H groups in total. The van der Waals surface area contributed by atoms with Gasteiger partial charge in [-0.05, 0) is 24.3 Å². The van der Waals surface area contributed by atoms with Crippen LogP contribution in [0.1, 0.15) is 10.4 Å². The third-order valence-electron chi connectivity index (χ3n) is 2.23. The van der Waals surface area contributed by atoms with E-state index in [1.165, 1.54) is 13.3 Å². The van der Waals surface area contributed by atoms with Crippen LogP contribution >= 0.6 is 11.6 Å². The van der Waals surface area contributed by atoms with Crippen molar-refractivity contribution in [3.63, 3.8) is 0 Å². The number of anilines is 1. The van der Waals surface area contributed by atoms with Crippen LogP contribution in [0, 0.1) is 0 Å². The van der Waals surface area contributed by atoms with Gasteiger partial charge in [0.05, 0.1) is 7.11 Å². The third kappa shape index (κ3) is 3.56. The summed E-state index contributed by atoms with van der Waals surface area (Å²) in [5.41, 5.74) is 5.54. The number of nitrogens with zero attached hydrogens (tertiary/aromatic N) is 2. The summed E-state index contributed by atoms with van der Waals surface area (Å²) in [6.07, 6.45) is 1.52. The Labute approximate surface area is 114 Å². The second-order valence-corrected chi connectivity index (χ2v) is 3.95. The van der Waals surface area contributed by atoms with Crippen molar-refractivity contribution in [3.05, 3.63) is 47.1 Å². The van der Waals surface area contributed by atoms with E-state index in [-0.39, 0.29) is 11.9 Å². The first-order valence-electron chi connectivity index (χ1n) is 5.38. The lowest BCUT2D eigenvalue weighted by Gasteiger charge is -2.07. The van der Waals surface area contributed by atoms with Crippen molar-refractivity contribution >= 4 is 23.5 Å². The molecule has 0 aliphatic carbocycles. The Hall–Kier alpha value is -2.34. The zero-order valence-corrected chi connectivity index (χ0v) is 10.8. The summed E-state index contributed by atoms with van der Waals surface area (Å²) in [5, 5.41) is 0.570. The predicted molar refractivity (Wildman–Crippen MR) is 71.1 cm³/mol. The van der Waals surface area contributed by atoms with Gasteiger partial charge in [-0.3, -0.25) is 15.6 Å². The van der Waals surface area contributed by atoms with Crippen LogP contribution in [-0.2, 0) is 0 Å². The molecule has 0 aliphatic heterocycles. The quantitative estimate of drug-likeness (QED) is 0.836. The Morgan fingerprint density at radius 1 is 1.26 bits per heavy atom. The van der Waals surface area contributed by atoms with Crippen molar-refractivity contribution in [1.82, 2.24) is 15.4 Å². The molecule has 7 heteroatoms. The maximum Gasteiger partial charge on any atom is 0.269 e. The fourth-order valence-corrected chi connectivity index (χ4v) is 1.43. The molecule has 1 aromatic carbocycles. The Kier molecular flexibility index (Phi) is 4.15. The summed E-state index contributed by atoms with van der Waals surface area (Å²) in [7, 11) is 1.50. The Bertz CT molecular complexity index is 574. The topological polar surface area (TPSA) is 76.1 Å². The molecule has 1 amide bonds. The third-order valence-corrected chi connectivity index (χ3v) is 2.49. The number of halogens is 1. The fraction of sp³-hybridized carbons (Fsp3) is 0.0833. The average molecular weight is 279 g/mol. The summed E-state index contributed by atoms with van der Waals surface area (Å²) in [4.78, 5) is 19.7. The van der Waals surface area contributed by atoms with Crippen LogP contribution in [0.5, 0.6) is 5.88 Å². The lowest BCUT2D eigenvalue weighted by molar-refractivity contribution is 0.0962. The van der Waals surface area contributed by atoms with Gasteiger partial charge in [-0.2, -0.15) is 4.98 Å². The average Bonchev–Trinajstić information content (AvgIpc) is 2.46. The van der Waals surface area contributed by atoms with Gasteiger partial charge in [0, 0.05) is 22.8 Å². The van der Waals surface area contributed by atoms with Crippen LogP contribution in [0.2, 0.25) is 5.02 Å². The number of aromatic nitrogens is 2. The number of rotatable bonds is 4. The molecule has 0 aliphatic rings. The SMILES string of the molecule is COc1ccnc(NNC(=O)c2ccc(Cl)cc2)n1. The van der Waals surface area contributed by atoms with Gasteiger partial charge in [-0.25, -0.2) is 4.98 Å². The van der Waals surface area contributed by atoms with Crippen LogP contribution in [-0.4, -0.2) is 23.0 Å². The molecule has 0 radical (unpaired) electrons. The Morgan fingerprint density at radius 3 is 2.68 bits per heavy atom. The van der Waals surface area contributed by atoms with E-state index in [2.05, 4.69) is 20.8 Å². The van der Waals surface area contributed by atoms with Gasteiger partial charge in [0.15, 0.2) is 0 Å². The first-order chi connectivity index (χ1) is 9.19. The second-order valence-electron chi connectivity index (χ2n) is 3.51. The van der Waals surface area contributed by atoms with E-state index >= 15 is 0 Å². The largest absolute Gasteiger partial charge is 0.481 e. The van der Waals surface area contributed by atoms with Gasteiger partial charge in [0.1, 0.15) is 0 Å². The highest BCUT2D eigenvalue weighted by Gasteiger charge is 2.05. The summed E-state index contributed by atoms with van der Waals surface area (Å²) < 4.78 is 4.94. The minimum absolute atomic E-state index is 0.238. The molecule has 19 heavy (non-hydrogen) atoms. The maximum absolute atomic E-state index is 11.8. The normalized spacial score (nSPS) is 9.79. The van der Waals surface area contributed by atoms with Crippen LogP contribution in [0.25, 0.3) is 0 Å². The summed E-state index contributed by atoms with van der Waals surface area (Å²) in [6.45, 7) is 0. The van der Waals surface area contributed by atoms with Gasteiger partial charge in [0.2, 0.25) is 11.8 Å². The van der Waals surface area contributed by atoms with E-state index in [4.69, 9.17) is 16.3 Å².